The van der Waals surface area contributed by atoms with Crippen molar-refractivity contribution in [2.24, 2.45) is 0 Å². The molecule has 2 aliphatic rings. The van der Waals surface area contributed by atoms with Crippen LogP contribution < -0.4 is 10.2 Å². The van der Waals surface area contributed by atoms with Gasteiger partial charge >= 0.3 is 0 Å². The van der Waals surface area contributed by atoms with Gasteiger partial charge in [-0.3, -0.25) is 4.90 Å². The third-order valence-corrected chi connectivity index (χ3v) is 5.35. The molecule has 1 N–H and O–H groups in total. The van der Waals surface area contributed by atoms with Gasteiger partial charge in [-0.2, -0.15) is 0 Å². The van der Waals surface area contributed by atoms with Crippen LogP contribution in [0.4, 0.5) is 5.69 Å². The number of nitrogens with zero attached hydrogens (tertiary/aromatic N) is 2. The van der Waals surface area contributed by atoms with Crippen molar-refractivity contribution in [2.75, 3.05) is 50.4 Å². The van der Waals surface area contributed by atoms with E-state index in [0.717, 1.165) is 45.0 Å². The predicted octanol–water partition coefficient (Wildman–Crippen LogP) is 0.184. The Morgan fingerprint density at radius 2 is 1.65 bits per heavy atom. The molecule has 0 amide bonds. The van der Waals surface area contributed by atoms with Gasteiger partial charge in [0, 0.05) is 57.3 Å². The fourth-order valence-corrected chi connectivity index (χ4v) is 3.41. The third kappa shape index (κ3) is 2.82. The number of rotatable bonds is 3. The molecule has 6 heteroatoms. The molecule has 20 heavy (non-hydrogen) atoms. The highest BCUT2D eigenvalue weighted by atomic mass is 32.2. The van der Waals surface area contributed by atoms with Crippen molar-refractivity contribution in [1.82, 2.24) is 10.2 Å². The number of hydrogen-bond acceptors (Lipinski definition) is 5. The van der Waals surface area contributed by atoms with Gasteiger partial charge in [-0.15, -0.1) is 0 Å². The van der Waals surface area contributed by atoms with E-state index in [1.54, 1.807) is 12.1 Å². The smallest absolute Gasteiger partial charge is 0.175 e. The van der Waals surface area contributed by atoms with E-state index in [4.69, 9.17) is 0 Å². The van der Waals surface area contributed by atoms with Gasteiger partial charge in [-0.1, -0.05) is 0 Å². The molecular formula is C14H21N3O2S. The first kappa shape index (κ1) is 13.9. The highest BCUT2D eigenvalue weighted by molar-refractivity contribution is 7.90. The lowest BCUT2D eigenvalue weighted by Gasteiger charge is -2.43. The molecule has 0 spiro atoms. The molecular weight excluding hydrogens is 274 g/mol. The molecule has 0 saturated carbocycles. The minimum absolute atomic E-state index is 0.389. The second-order valence-electron chi connectivity index (χ2n) is 5.60. The second-order valence-corrected chi connectivity index (χ2v) is 7.62. The average molecular weight is 295 g/mol. The Bertz CT molecular complexity index is 559. The standard InChI is InChI=1S/C14H21N3O2S/c1-20(18,19)14-4-2-12(3-5-14)16-6-8-17(9-7-16)13-10-15-11-13/h2-5,13,15H,6-11H2,1H3. The Kier molecular flexibility index (Phi) is 3.70. The van der Waals surface area contributed by atoms with Crippen LogP contribution in [0.5, 0.6) is 0 Å². The summed E-state index contributed by atoms with van der Waals surface area (Å²) in [4.78, 5) is 5.26. The molecule has 0 atom stereocenters. The summed E-state index contributed by atoms with van der Waals surface area (Å²) in [6.45, 7) is 6.41. The van der Waals surface area contributed by atoms with Gasteiger partial charge in [-0.05, 0) is 24.3 Å². The van der Waals surface area contributed by atoms with Crippen LogP contribution in [-0.2, 0) is 9.84 Å². The van der Waals surface area contributed by atoms with Gasteiger partial charge in [0.25, 0.3) is 0 Å². The van der Waals surface area contributed by atoms with Gasteiger partial charge in [-0.25, -0.2) is 8.42 Å². The Labute approximate surface area is 120 Å². The second kappa shape index (κ2) is 5.35. The minimum Gasteiger partial charge on any atom is -0.369 e. The van der Waals surface area contributed by atoms with Crippen molar-refractivity contribution in [3.8, 4) is 0 Å². The van der Waals surface area contributed by atoms with Crippen LogP contribution in [0.3, 0.4) is 0 Å². The van der Waals surface area contributed by atoms with E-state index in [1.807, 2.05) is 12.1 Å². The summed E-state index contributed by atoms with van der Waals surface area (Å²) in [6.07, 6.45) is 1.24. The van der Waals surface area contributed by atoms with Crippen molar-refractivity contribution in [1.29, 1.82) is 0 Å². The molecule has 110 valence electrons. The van der Waals surface area contributed by atoms with Gasteiger partial charge in [0.1, 0.15) is 0 Å². The maximum atomic E-state index is 11.5. The zero-order chi connectivity index (χ0) is 14.2. The van der Waals surface area contributed by atoms with Crippen LogP contribution in [0.2, 0.25) is 0 Å². The quantitative estimate of drug-likeness (QED) is 0.862. The number of benzene rings is 1. The lowest BCUT2D eigenvalue weighted by molar-refractivity contribution is 0.138. The van der Waals surface area contributed by atoms with Crippen molar-refractivity contribution in [3.63, 3.8) is 0 Å². The number of nitrogens with one attached hydrogen (secondary N) is 1. The minimum atomic E-state index is -3.10. The van der Waals surface area contributed by atoms with Crippen LogP contribution in [0.25, 0.3) is 0 Å². The van der Waals surface area contributed by atoms with Crippen LogP contribution in [0, 0.1) is 0 Å². The van der Waals surface area contributed by atoms with Crippen LogP contribution in [0.15, 0.2) is 29.2 Å². The number of hydrogen-bond donors (Lipinski definition) is 1. The number of anilines is 1. The highest BCUT2D eigenvalue weighted by Crippen LogP contribution is 2.20. The maximum absolute atomic E-state index is 11.5. The number of sulfone groups is 1. The molecule has 0 aliphatic carbocycles. The fraction of sp³-hybridized carbons (Fsp3) is 0.571. The topological polar surface area (TPSA) is 52.7 Å². The van der Waals surface area contributed by atoms with E-state index in [2.05, 4.69) is 15.1 Å². The normalized spacial score (nSPS) is 21.8. The van der Waals surface area contributed by atoms with E-state index in [0.29, 0.717) is 10.9 Å². The van der Waals surface area contributed by atoms with E-state index in [1.165, 1.54) is 6.26 Å². The molecule has 0 radical (unpaired) electrons. The summed E-state index contributed by atoms with van der Waals surface area (Å²) < 4.78 is 22.9. The SMILES string of the molecule is CS(=O)(=O)c1ccc(N2CCN(C3CNC3)CC2)cc1. The van der Waals surface area contributed by atoms with Crippen molar-refractivity contribution in [3.05, 3.63) is 24.3 Å². The molecule has 0 unspecified atom stereocenters. The maximum Gasteiger partial charge on any atom is 0.175 e. The van der Waals surface area contributed by atoms with Crippen LogP contribution in [-0.4, -0.2) is 64.9 Å². The van der Waals surface area contributed by atoms with Gasteiger partial charge < -0.3 is 10.2 Å². The Morgan fingerprint density at radius 1 is 1.05 bits per heavy atom. The molecule has 0 bridgehead atoms. The first-order chi connectivity index (χ1) is 9.54. The predicted molar refractivity (Wildman–Crippen MR) is 80.0 cm³/mol. The Balaban J connectivity index is 1.63. The number of piperazine rings is 1. The summed E-state index contributed by atoms with van der Waals surface area (Å²) in [5.74, 6) is 0. The van der Waals surface area contributed by atoms with E-state index in [9.17, 15) is 8.42 Å². The van der Waals surface area contributed by atoms with Gasteiger partial charge in [0.05, 0.1) is 4.90 Å². The largest absolute Gasteiger partial charge is 0.369 e. The fourth-order valence-electron chi connectivity index (χ4n) is 2.78. The molecule has 0 aromatic heterocycles. The van der Waals surface area contributed by atoms with Crippen LogP contribution >= 0.6 is 0 Å². The molecule has 3 rings (SSSR count). The molecule has 2 fully saturated rings. The van der Waals surface area contributed by atoms with E-state index >= 15 is 0 Å². The van der Waals surface area contributed by atoms with E-state index < -0.39 is 9.84 Å². The summed E-state index contributed by atoms with van der Waals surface area (Å²) in [7, 11) is -3.10. The molecule has 1 aromatic rings. The van der Waals surface area contributed by atoms with Gasteiger partial charge in [0.2, 0.25) is 0 Å². The molecule has 2 saturated heterocycles. The summed E-state index contributed by atoms with van der Waals surface area (Å²) in [5.41, 5.74) is 1.11. The lowest BCUT2D eigenvalue weighted by Crippen LogP contribution is -2.61. The molecule has 2 aliphatic heterocycles. The third-order valence-electron chi connectivity index (χ3n) is 4.22. The molecule has 5 nitrogen and oxygen atoms in total. The first-order valence-electron chi connectivity index (χ1n) is 7.04. The summed E-state index contributed by atoms with van der Waals surface area (Å²) in [6, 6.07) is 7.94. The van der Waals surface area contributed by atoms with E-state index in [-0.39, 0.29) is 0 Å². The Hall–Kier alpha value is -1.11. The molecule has 1 aromatic carbocycles. The summed E-state index contributed by atoms with van der Waals surface area (Å²) in [5, 5.41) is 3.31. The van der Waals surface area contributed by atoms with Crippen molar-refractivity contribution >= 4 is 15.5 Å². The van der Waals surface area contributed by atoms with Crippen LogP contribution in [0.1, 0.15) is 0 Å². The lowest BCUT2D eigenvalue weighted by atomic mass is 10.1. The summed E-state index contributed by atoms with van der Waals surface area (Å²) >= 11 is 0. The Morgan fingerprint density at radius 3 is 2.10 bits per heavy atom. The highest BCUT2D eigenvalue weighted by Gasteiger charge is 2.27. The van der Waals surface area contributed by atoms with Crippen molar-refractivity contribution < 1.29 is 8.42 Å². The first-order valence-corrected chi connectivity index (χ1v) is 8.93. The average Bonchev–Trinajstić information content (AvgIpc) is 2.37. The van der Waals surface area contributed by atoms with Gasteiger partial charge in [0.15, 0.2) is 9.84 Å². The monoisotopic (exact) mass is 295 g/mol. The zero-order valence-corrected chi connectivity index (χ0v) is 12.6. The molecule has 2 heterocycles. The van der Waals surface area contributed by atoms with Crippen molar-refractivity contribution in [2.45, 2.75) is 10.9 Å². The zero-order valence-electron chi connectivity index (χ0n) is 11.7.